The van der Waals surface area contributed by atoms with Crippen LogP contribution in [0.3, 0.4) is 0 Å². The molecule has 1 aliphatic carbocycles. The van der Waals surface area contributed by atoms with E-state index < -0.39 is 30.4 Å². The molecule has 1 saturated carbocycles. The van der Waals surface area contributed by atoms with Gasteiger partial charge in [0.25, 0.3) is 0 Å². The van der Waals surface area contributed by atoms with Gasteiger partial charge in [-0.05, 0) is 6.42 Å². The summed E-state index contributed by atoms with van der Waals surface area (Å²) in [7, 11) is 0. The molecular formula is C20H13ClF2N6O2. The summed E-state index contributed by atoms with van der Waals surface area (Å²) in [6.07, 6.45) is 5.16. The Hall–Kier alpha value is -3.55. The lowest BCUT2D eigenvalue weighted by atomic mass is 10.0. The lowest BCUT2D eigenvalue weighted by molar-refractivity contribution is -0.117. The molecule has 3 aromatic heterocycles. The van der Waals surface area contributed by atoms with Crippen molar-refractivity contribution in [3.05, 3.63) is 41.2 Å². The fraction of sp³-hybridized carbons (Fsp3) is 0.200. The lowest BCUT2D eigenvalue weighted by Crippen LogP contribution is -2.15. The predicted molar refractivity (Wildman–Crippen MR) is 109 cm³/mol. The second kappa shape index (κ2) is 7.30. The normalized spacial score (nSPS) is 17.5. The highest BCUT2D eigenvalue weighted by atomic mass is 35.5. The number of alkyl halides is 1. The van der Waals surface area contributed by atoms with Crippen molar-refractivity contribution in [1.82, 2.24) is 24.6 Å². The number of amides is 1. The van der Waals surface area contributed by atoms with Crippen LogP contribution in [-0.2, 0) is 4.79 Å². The van der Waals surface area contributed by atoms with Crippen molar-refractivity contribution < 1.29 is 18.7 Å². The quantitative estimate of drug-likeness (QED) is 0.423. The average Bonchev–Trinajstić information content (AvgIpc) is 3.12. The molecule has 0 saturated heterocycles. The summed E-state index contributed by atoms with van der Waals surface area (Å²) in [4.78, 5) is 20.5. The number of benzene rings is 1. The zero-order chi connectivity index (χ0) is 21.7. The number of fused-ring (bicyclic) bond motifs is 2. The highest BCUT2D eigenvalue weighted by Gasteiger charge is 2.43. The van der Waals surface area contributed by atoms with Crippen LogP contribution in [0.2, 0.25) is 5.02 Å². The molecule has 0 radical (unpaired) electrons. The molecular weight excluding hydrogens is 430 g/mol. The van der Waals surface area contributed by atoms with Crippen LogP contribution >= 0.6 is 11.6 Å². The van der Waals surface area contributed by atoms with Crippen molar-refractivity contribution in [1.29, 1.82) is 0 Å². The van der Waals surface area contributed by atoms with Crippen molar-refractivity contribution in [2.75, 3.05) is 11.9 Å². The summed E-state index contributed by atoms with van der Waals surface area (Å²) in [5, 5.41) is 18.5. The first-order valence-corrected chi connectivity index (χ1v) is 9.59. The van der Waals surface area contributed by atoms with E-state index in [-0.39, 0.29) is 22.8 Å². The van der Waals surface area contributed by atoms with Crippen LogP contribution in [0.1, 0.15) is 12.0 Å². The fourth-order valence-electron chi connectivity index (χ4n) is 3.35. The summed E-state index contributed by atoms with van der Waals surface area (Å²) >= 11 is 6.32. The zero-order valence-corrected chi connectivity index (χ0v) is 16.4. The van der Waals surface area contributed by atoms with Crippen LogP contribution in [0.15, 0.2) is 24.8 Å². The Bertz CT molecular complexity index is 1420. The van der Waals surface area contributed by atoms with Crippen molar-refractivity contribution >= 4 is 39.9 Å². The van der Waals surface area contributed by atoms with Gasteiger partial charge in [0.2, 0.25) is 5.91 Å². The molecule has 3 N–H and O–H groups in total. The van der Waals surface area contributed by atoms with Gasteiger partial charge < -0.3 is 14.8 Å². The minimum atomic E-state index is -1.11. The number of nitrogens with zero attached hydrogens (tertiary/aromatic N) is 4. The molecule has 0 bridgehead atoms. The molecule has 156 valence electrons. The molecule has 0 unspecified atom stereocenters. The van der Waals surface area contributed by atoms with Crippen molar-refractivity contribution in [3.8, 4) is 23.1 Å². The molecule has 11 heteroatoms. The van der Waals surface area contributed by atoms with Gasteiger partial charge in [-0.2, -0.15) is 5.10 Å². The van der Waals surface area contributed by atoms with Gasteiger partial charge in [0.1, 0.15) is 12.8 Å². The number of carbonyl (C=O) groups is 1. The molecule has 0 aliphatic heterocycles. The largest absolute Gasteiger partial charge is 0.384 e. The van der Waals surface area contributed by atoms with E-state index in [9.17, 15) is 13.6 Å². The van der Waals surface area contributed by atoms with Gasteiger partial charge >= 0.3 is 0 Å². The average molecular weight is 443 g/mol. The predicted octanol–water partition coefficient (Wildman–Crippen LogP) is 2.71. The Morgan fingerprint density at radius 1 is 1.42 bits per heavy atom. The number of hydrogen-bond donors (Lipinski definition) is 3. The number of imidazole rings is 1. The van der Waals surface area contributed by atoms with E-state index in [1.54, 1.807) is 16.8 Å². The minimum Gasteiger partial charge on any atom is -0.384 e. The molecule has 1 aliphatic rings. The number of aliphatic hydroxyl groups is 1. The molecule has 8 nitrogen and oxygen atoms in total. The highest BCUT2D eigenvalue weighted by Crippen LogP contribution is 2.38. The van der Waals surface area contributed by atoms with Crippen LogP contribution in [0.4, 0.5) is 14.6 Å². The Morgan fingerprint density at radius 2 is 2.23 bits per heavy atom. The van der Waals surface area contributed by atoms with Crippen LogP contribution < -0.4 is 5.32 Å². The van der Waals surface area contributed by atoms with Gasteiger partial charge in [0, 0.05) is 17.1 Å². The van der Waals surface area contributed by atoms with Gasteiger partial charge in [0.15, 0.2) is 17.3 Å². The number of nitrogens with one attached hydrogen (secondary N) is 2. The number of aromatic nitrogens is 5. The first-order chi connectivity index (χ1) is 15.0. The number of aromatic amines is 1. The fourth-order valence-corrected chi connectivity index (χ4v) is 3.65. The minimum absolute atomic E-state index is 0.00440. The molecule has 3 heterocycles. The summed E-state index contributed by atoms with van der Waals surface area (Å²) in [5.74, 6) is 3.38. The van der Waals surface area contributed by atoms with Gasteiger partial charge in [-0.15, -0.1) is 0 Å². The molecule has 0 spiro atoms. The Morgan fingerprint density at radius 3 is 2.97 bits per heavy atom. The summed E-state index contributed by atoms with van der Waals surface area (Å²) in [5.41, 5.74) is 1.39. The van der Waals surface area contributed by atoms with Gasteiger partial charge in [-0.3, -0.25) is 14.9 Å². The Balaban J connectivity index is 1.58. The molecule has 2 atom stereocenters. The molecule has 4 aromatic rings. The number of aliphatic hydroxyl groups excluding tert-OH is 1. The van der Waals surface area contributed by atoms with Crippen molar-refractivity contribution in [2.45, 2.75) is 12.6 Å². The van der Waals surface area contributed by atoms with Crippen LogP contribution in [0, 0.1) is 23.6 Å². The summed E-state index contributed by atoms with van der Waals surface area (Å²) < 4.78 is 29.6. The number of H-pyrrole nitrogens is 1. The first-order valence-electron chi connectivity index (χ1n) is 9.21. The highest BCUT2D eigenvalue weighted by molar-refractivity contribution is 6.35. The Kier molecular flexibility index (Phi) is 4.57. The van der Waals surface area contributed by atoms with Crippen molar-refractivity contribution in [3.63, 3.8) is 0 Å². The molecule has 31 heavy (non-hydrogen) atoms. The Labute approximate surface area is 178 Å². The number of anilines is 1. The van der Waals surface area contributed by atoms with Crippen LogP contribution in [0.25, 0.3) is 27.8 Å². The number of hydrogen-bond acceptors (Lipinski definition) is 5. The molecule has 1 amide bonds. The third-order valence-electron chi connectivity index (χ3n) is 4.98. The second-order valence-corrected chi connectivity index (χ2v) is 7.39. The first kappa shape index (κ1) is 19.4. The van der Waals surface area contributed by atoms with Crippen molar-refractivity contribution in [2.24, 2.45) is 5.92 Å². The molecule has 1 fully saturated rings. The molecule has 5 rings (SSSR count). The number of carbonyl (C=O) groups excluding carboxylic acids is 1. The topological polar surface area (TPSA) is 108 Å². The van der Waals surface area contributed by atoms with Crippen LogP contribution in [-0.4, -0.2) is 48.4 Å². The standard InChI is InChI=1S/C20H13ClF2N6O2/c21-17-16(11-5-25-28-19(11)9(18(17)23)2-1-3-30)13-7-29-8-14(26-15(29)6-24-13)27-20(31)10-4-12(10)22/h5-8,10,12,30H,3-4H2,(H,25,28)(H,27,31)/t10-,12+/m1/s1. The van der Waals surface area contributed by atoms with E-state index in [0.717, 1.165) is 0 Å². The van der Waals surface area contributed by atoms with E-state index >= 15 is 0 Å². The zero-order valence-electron chi connectivity index (χ0n) is 15.7. The summed E-state index contributed by atoms with van der Waals surface area (Å²) in [6.45, 7) is -0.432. The third kappa shape index (κ3) is 3.28. The summed E-state index contributed by atoms with van der Waals surface area (Å²) in [6, 6.07) is 0. The van der Waals surface area contributed by atoms with Gasteiger partial charge in [-0.25, -0.2) is 13.8 Å². The SMILES string of the molecule is O=C(Nc1cn2cc(-c3c(Cl)c(F)c(C#CCO)c4[nH]ncc34)ncc2n1)[C@@H]1C[C@@H]1F. The van der Waals surface area contributed by atoms with E-state index in [4.69, 9.17) is 16.7 Å². The van der Waals surface area contributed by atoms with E-state index in [1.165, 1.54) is 12.4 Å². The lowest BCUT2D eigenvalue weighted by Gasteiger charge is -2.09. The van der Waals surface area contributed by atoms with E-state index in [1.807, 2.05) is 0 Å². The smallest absolute Gasteiger partial charge is 0.231 e. The maximum atomic E-state index is 15.0. The maximum Gasteiger partial charge on any atom is 0.231 e. The second-order valence-electron chi connectivity index (χ2n) is 7.01. The maximum absolute atomic E-state index is 15.0. The number of halogens is 3. The van der Waals surface area contributed by atoms with Crippen LogP contribution in [0.5, 0.6) is 0 Å². The molecule has 1 aromatic carbocycles. The van der Waals surface area contributed by atoms with E-state index in [2.05, 4.69) is 37.3 Å². The van der Waals surface area contributed by atoms with Gasteiger partial charge in [0.05, 0.1) is 46.3 Å². The number of rotatable bonds is 3. The van der Waals surface area contributed by atoms with Gasteiger partial charge in [-0.1, -0.05) is 23.4 Å². The monoisotopic (exact) mass is 442 g/mol. The third-order valence-corrected chi connectivity index (χ3v) is 5.34. The van der Waals surface area contributed by atoms with E-state index in [0.29, 0.717) is 27.8 Å².